The van der Waals surface area contributed by atoms with E-state index in [1.54, 1.807) is 13.0 Å². The molecule has 2 heterocycles. The van der Waals surface area contributed by atoms with E-state index in [0.29, 0.717) is 11.1 Å². The van der Waals surface area contributed by atoms with Gasteiger partial charge in [-0.25, -0.2) is 0 Å². The number of furan rings is 1. The molecular weight excluding hydrogens is 374 g/mol. The number of nitrogens with one attached hydrogen (secondary N) is 2. The minimum absolute atomic E-state index is 0.0238. The average molecular weight is 397 g/mol. The van der Waals surface area contributed by atoms with E-state index in [1.807, 2.05) is 18.2 Å². The van der Waals surface area contributed by atoms with Crippen LogP contribution in [0.1, 0.15) is 48.2 Å². The lowest BCUT2D eigenvalue weighted by atomic mass is 9.81. The maximum absolute atomic E-state index is 12.4. The molecule has 152 valence electrons. The summed E-state index contributed by atoms with van der Waals surface area (Å²) in [6.45, 7) is 1.79. The molecule has 8 heteroatoms. The number of rotatable bonds is 4. The van der Waals surface area contributed by atoms with Crippen molar-refractivity contribution in [3.8, 4) is 0 Å². The summed E-state index contributed by atoms with van der Waals surface area (Å²) in [6.07, 6.45) is 3.33. The maximum Gasteiger partial charge on any atom is 0.305 e. The van der Waals surface area contributed by atoms with Crippen LogP contribution in [0.15, 0.2) is 28.7 Å². The largest absolute Gasteiger partial charge is 0.451 e. The van der Waals surface area contributed by atoms with Crippen LogP contribution in [0, 0.1) is 18.8 Å². The van der Waals surface area contributed by atoms with Gasteiger partial charge in [0.15, 0.2) is 5.76 Å². The third-order valence-electron chi connectivity index (χ3n) is 5.86. The molecule has 0 bridgehead atoms. The number of hydrogen-bond acceptors (Lipinski definition) is 5. The van der Waals surface area contributed by atoms with Gasteiger partial charge in [-0.05, 0) is 25.8 Å². The second-order valence-corrected chi connectivity index (χ2v) is 7.63. The zero-order valence-electron chi connectivity index (χ0n) is 16.2. The highest BCUT2D eigenvalue weighted by Gasteiger charge is 2.47. The van der Waals surface area contributed by atoms with E-state index >= 15 is 0 Å². The number of aryl methyl sites for hydroxylation is 1. The third-order valence-corrected chi connectivity index (χ3v) is 5.86. The second kappa shape index (κ2) is 7.69. The summed E-state index contributed by atoms with van der Waals surface area (Å²) in [5.41, 5.74) is 5.92. The molecule has 0 spiro atoms. The number of carbonyl (C=O) groups is 4. The van der Waals surface area contributed by atoms with Gasteiger partial charge in [0.25, 0.3) is 0 Å². The topological polar surface area (TPSA) is 109 Å². The number of benzene rings is 1. The van der Waals surface area contributed by atoms with E-state index < -0.39 is 11.8 Å². The third kappa shape index (κ3) is 3.50. The molecule has 1 saturated heterocycles. The summed E-state index contributed by atoms with van der Waals surface area (Å²) in [6, 6.07) is 7.28. The molecule has 8 nitrogen and oxygen atoms in total. The van der Waals surface area contributed by atoms with E-state index in [1.165, 1.54) is 4.90 Å². The lowest BCUT2D eigenvalue weighted by Crippen LogP contribution is -2.43. The van der Waals surface area contributed by atoms with Gasteiger partial charge in [-0.2, -0.15) is 0 Å². The van der Waals surface area contributed by atoms with E-state index in [9.17, 15) is 19.2 Å². The molecular formula is C21H23N3O5. The Morgan fingerprint density at radius 3 is 2.38 bits per heavy atom. The van der Waals surface area contributed by atoms with Crippen molar-refractivity contribution in [2.45, 2.75) is 39.0 Å². The average Bonchev–Trinajstić information content (AvgIpc) is 3.20. The molecule has 0 unspecified atom stereocenters. The van der Waals surface area contributed by atoms with E-state index in [-0.39, 0.29) is 42.4 Å². The second-order valence-electron chi connectivity index (χ2n) is 7.63. The van der Waals surface area contributed by atoms with E-state index in [0.717, 1.165) is 31.1 Å². The van der Waals surface area contributed by atoms with Gasteiger partial charge in [-0.3, -0.25) is 34.9 Å². The Morgan fingerprint density at radius 2 is 1.72 bits per heavy atom. The number of nitrogens with zero attached hydrogens (tertiary/aromatic N) is 1. The van der Waals surface area contributed by atoms with Gasteiger partial charge in [0.1, 0.15) is 5.58 Å². The van der Waals surface area contributed by atoms with Crippen molar-refractivity contribution in [3.05, 3.63) is 35.6 Å². The van der Waals surface area contributed by atoms with Gasteiger partial charge >= 0.3 is 5.91 Å². The number of hydrazine groups is 1. The zero-order valence-corrected chi connectivity index (χ0v) is 16.2. The first kappa shape index (κ1) is 19.2. The standard InChI is InChI=1S/C21H23N3O5/c1-12-13-6-4-5-9-16(13)29-18(12)19(26)23-22-17(25)10-11-24-20(27)14-7-2-3-8-15(14)21(24)28/h4-6,9,14-15H,2-3,7-8,10-11H2,1H3,(H,22,25)(H,23,26)/t14-,15-/m1/s1. The minimum atomic E-state index is -0.564. The van der Waals surface area contributed by atoms with Crippen LogP contribution in [0.4, 0.5) is 0 Å². The molecule has 1 aliphatic carbocycles. The summed E-state index contributed by atoms with van der Waals surface area (Å²) in [5, 5.41) is 0.830. The molecule has 1 aromatic heterocycles. The Bertz CT molecular complexity index is 971. The summed E-state index contributed by atoms with van der Waals surface area (Å²) in [4.78, 5) is 50.5. The maximum atomic E-state index is 12.4. The first-order valence-corrected chi connectivity index (χ1v) is 9.90. The SMILES string of the molecule is Cc1c(C(=O)NNC(=O)CCN2C(=O)[C@@H]3CCCC[C@H]3C2=O)oc2ccccc12. The van der Waals surface area contributed by atoms with Crippen molar-refractivity contribution >= 4 is 34.6 Å². The van der Waals surface area contributed by atoms with Crippen molar-refractivity contribution in [3.63, 3.8) is 0 Å². The minimum Gasteiger partial charge on any atom is -0.451 e. The zero-order chi connectivity index (χ0) is 20.5. The van der Waals surface area contributed by atoms with Crippen LogP contribution in [-0.2, 0) is 14.4 Å². The van der Waals surface area contributed by atoms with Gasteiger partial charge in [-0.15, -0.1) is 0 Å². The molecule has 2 fully saturated rings. The first-order chi connectivity index (χ1) is 14.0. The van der Waals surface area contributed by atoms with Crippen LogP contribution in [0.5, 0.6) is 0 Å². The van der Waals surface area contributed by atoms with Crippen molar-refractivity contribution in [1.29, 1.82) is 0 Å². The monoisotopic (exact) mass is 397 g/mol. The van der Waals surface area contributed by atoms with Crippen LogP contribution in [-0.4, -0.2) is 35.1 Å². The fourth-order valence-electron chi connectivity index (χ4n) is 4.30. The molecule has 2 atom stereocenters. The summed E-state index contributed by atoms with van der Waals surface area (Å²) in [7, 11) is 0. The Labute approximate surface area is 167 Å². The normalized spacial score (nSPS) is 21.3. The molecule has 29 heavy (non-hydrogen) atoms. The van der Waals surface area contributed by atoms with Crippen LogP contribution >= 0.6 is 0 Å². The molecule has 4 amide bonds. The van der Waals surface area contributed by atoms with E-state index in [2.05, 4.69) is 10.9 Å². The fourth-order valence-corrected chi connectivity index (χ4v) is 4.30. The lowest BCUT2D eigenvalue weighted by Gasteiger charge is -2.19. The van der Waals surface area contributed by atoms with Crippen LogP contribution in [0.3, 0.4) is 0 Å². The lowest BCUT2D eigenvalue weighted by molar-refractivity contribution is -0.140. The number of likely N-dealkylation sites (tertiary alicyclic amines) is 1. The molecule has 4 rings (SSSR count). The number of amides is 4. The van der Waals surface area contributed by atoms with Crippen LogP contribution < -0.4 is 10.9 Å². The Hall–Kier alpha value is -3.16. The number of para-hydroxylation sites is 1. The molecule has 2 aliphatic rings. The summed E-state index contributed by atoms with van der Waals surface area (Å²) < 4.78 is 5.56. The van der Waals surface area contributed by atoms with E-state index in [4.69, 9.17) is 4.42 Å². The van der Waals surface area contributed by atoms with Gasteiger partial charge in [-0.1, -0.05) is 31.0 Å². The molecule has 2 aromatic rings. The Kier molecular flexibility index (Phi) is 5.08. The van der Waals surface area contributed by atoms with Gasteiger partial charge in [0.2, 0.25) is 17.7 Å². The number of imide groups is 1. The van der Waals surface area contributed by atoms with Crippen molar-refractivity contribution in [1.82, 2.24) is 15.8 Å². The molecule has 1 saturated carbocycles. The van der Waals surface area contributed by atoms with Gasteiger partial charge in [0.05, 0.1) is 11.8 Å². The predicted molar refractivity (Wildman–Crippen MR) is 103 cm³/mol. The highest BCUT2D eigenvalue weighted by molar-refractivity contribution is 6.05. The molecule has 1 aromatic carbocycles. The molecule has 2 N–H and O–H groups in total. The van der Waals surface area contributed by atoms with Gasteiger partial charge in [0, 0.05) is 23.9 Å². The number of hydrogen-bond donors (Lipinski definition) is 2. The van der Waals surface area contributed by atoms with Crippen LogP contribution in [0.25, 0.3) is 11.0 Å². The predicted octanol–water partition coefficient (Wildman–Crippen LogP) is 2.07. The van der Waals surface area contributed by atoms with Crippen LogP contribution in [0.2, 0.25) is 0 Å². The highest BCUT2D eigenvalue weighted by atomic mass is 16.3. The smallest absolute Gasteiger partial charge is 0.305 e. The fraction of sp³-hybridized carbons (Fsp3) is 0.429. The van der Waals surface area contributed by atoms with Gasteiger partial charge < -0.3 is 4.42 Å². The first-order valence-electron chi connectivity index (χ1n) is 9.90. The number of carbonyl (C=O) groups excluding carboxylic acids is 4. The quantitative estimate of drug-likeness (QED) is 0.606. The Balaban J connectivity index is 1.31. The number of fused-ring (bicyclic) bond motifs is 2. The highest BCUT2D eigenvalue weighted by Crippen LogP contribution is 2.37. The van der Waals surface area contributed by atoms with Crippen molar-refractivity contribution in [2.75, 3.05) is 6.54 Å². The van der Waals surface area contributed by atoms with Crippen molar-refractivity contribution in [2.24, 2.45) is 11.8 Å². The Morgan fingerprint density at radius 1 is 1.07 bits per heavy atom. The summed E-state index contributed by atoms with van der Waals surface area (Å²) >= 11 is 0. The summed E-state index contributed by atoms with van der Waals surface area (Å²) in [5.74, 6) is -1.72. The molecule has 0 radical (unpaired) electrons. The molecule has 1 aliphatic heterocycles. The van der Waals surface area contributed by atoms with Crippen molar-refractivity contribution < 1.29 is 23.6 Å².